The molecule has 0 aliphatic rings. The maximum atomic E-state index is 12.5. The Bertz CT molecular complexity index is 1440. The number of aromatic nitrogens is 2. The van der Waals surface area contributed by atoms with Crippen LogP contribution < -0.4 is 5.32 Å². The predicted octanol–water partition coefficient (Wildman–Crippen LogP) is 3.70. The van der Waals surface area contributed by atoms with Crippen LogP contribution >= 0.6 is 0 Å². The number of carbonyl (C=O) groups excluding carboxylic acids is 1. The summed E-state index contributed by atoms with van der Waals surface area (Å²) in [4.78, 5) is 16.5. The Kier molecular flexibility index (Phi) is 7.38. The lowest BCUT2D eigenvalue weighted by Crippen LogP contribution is -2.30. The van der Waals surface area contributed by atoms with E-state index in [-0.39, 0.29) is 12.3 Å². The normalized spacial score (nSPS) is 11.1. The van der Waals surface area contributed by atoms with Gasteiger partial charge in [0.25, 0.3) is 0 Å². The molecule has 176 valence electrons. The molecule has 0 radical (unpaired) electrons. The summed E-state index contributed by atoms with van der Waals surface area (Å²) in [7, 11) is -3.65. The highest BCUT2D eigenvalue weighted by Crippen LogP contribution is 2.24. The highest BCUT2D eigenvalue weighted by molar-refractivity contribution is 7.91. The smallest absolute Gasteiger partial charge is 0.235 e. The molecular weight excluding hydrogens is 460 g/mol. The van der Waals surface area contributed by atoms with Gasteiger partial charge >= 0.3 is 0 Å². The van der Waals surface area contributed by atoms with Crippen LogP contribution in [0.15, 0.2) is 91.5 Å². The Hall–Kier alpha value is -4.22. The van der Waals surface area contributed by atoms with Gasteiger partial charge in [-0.2, -0.15) is 5.26 Å². The molecule has 0 unspecified atom stereocenters. The molecule has 1 heterocycles. The average Bonchev–Trinajstić information content (AvgIpc) is 3.36. The molecule has 4 rings (SSSR count). The molecule has 7 nitrogen and oxygen atoms in total. The lowest BCUT2D eigenvalue weighted by molar-refractivity contribution is -0.118. The molecule has 1 amide bonds. The van der Waals surface area contributed by atoms with E-state index in [4.69, 9.17) is 5.26 Å². The Balaban J connectivity index is 1.37. The Morgan fingerprint density at radius 1 is 0.971 bits per heavy atom. The largest absolute Gasteiger partial charge is 0.351 e. The molecule has 1 aromatic heterocycles. The second kappa shape index (κ2) is 10.8. The summed E-state index contributed by atoms with van der Waals surface area (Å²) >= 11 is 0. The fraction of sp³-hybridized carbons (Fsp3) is 0.148. The highest BCUT2D eigenvalue weighted by Gasteiger charge is 2.18. The first kappa shape index (κ1) is 23.9. The van der Waals surface area contributed by atoms with Gasteiger partial charge in [-0.05, 0) is 39.9 Å². The van der Waals surface area contributed by atoms with Crippen molar-refractivity contribution in [2.24, 2.45) is 0 Å². The Labute approximate surface area is 204 Å². The van der Waals surface area contributed by atoms with E-state index in [0.29, 0.717) is 11.1 Å². The number of benzene rings is 3. The number of nitrogens with zero attached hydrogens (tertiary/aromatic N) is 3. The highest BCUT2D eigenvalue weighted by atomic mass is 32.2. The Morgan fingerprint density at radius 3 is 2.37 bits per heavy atom. The fourth-order valence-corrected chi connectivity index (χ4v) is 5.07. The summed E-state index contributed by atoms with van der Waals surface area (Å²) < 4.78 is 27.0. The molecule has 0 aliphatic carbocycles. The van der Waals surface area contributed by atoms with E-state index >= 15 is 0 Å². The van der Waals surface area contributed by atoms with Crippen LogP contribution in [0.1, 0.15) is 22.3 Å². The first-order valence-electron chi connectivity index (χ1n) is 11.0. The first-order chi connectivity index (χ1) is 16.9. The van der Waals surface area contributed by atoms with Crippen LogP contribution in [-0.4, -0.2) is 29.6 Å². The van der Waals surface area contributed by atoms with E-state index in [1.807, 2.05) is 53.2 Å². The fourth-order valence-electron chi connectivity index (χ4n) is 3.76. The van der Waals surface area contributed by atoms with Crippen LogP contribution in [0, 0.1) is 11.3 Å². The topological polar surface area (TPSA) is 105 Å². The average molecular weight is 485 g/mol. The van der Waals surface area contributed by atoms with Crippen molar-refractivity contribution >= 4 is 15.7 Å². The van der Waals surface area contributed by atoms with Crippen molar-refractivity contribution in [1.29, 1.82) is 5.26 Å². The third-order valence-corrected chi connectivity index (χ3v) is 6.98. The van der Waals surface area contributed by atoms with Crippen LogP contribution in [-0.2, 0) is 33.5 Å². The Morgan fingerprint density at radius 2 is 1.69 bits per heavy atom. The number of sulfone groups is 1. The number of hydrogen-bond donors (Lipinski definition) is 1. The van der Waals surface area contributed by atoms with E-state index in [1.54, 1.807) is 36.8 Å². The second-order valence-corrected chi connectivity index (χ2v) is 10.3. The second-order valence-electron chi connectivity index (χ2n) is 8.21. The maximum absolute atomic E-state index is 12.5. The van der Waals surface area contributed by atoms with Gasteiger partial charge in [-0.1, -0.05) is 60.7 Å². The van der Waals surface area contributed by atoms with E-state index < -0.39 is 21.5 Å². The molecule has 35 heavy (non-hydrogen) atoms. The predicted molar refractivity (Wildman–Crippen MR) is 134 cm³/mol. The molecule has 0 saturated carbocycles. The van der Waals surface area contributed by atoms with E-state index in [9.17, 15) is 13.2 Å². The van der Waals surface area contributed by atoms with Gasteiger partial charge in [-0.25, -0.2) is 13.4 Å². The van der Waals surface area contributed by atoms with Gasteiger partial charge in [0.15, 0.2) is 9.84 Å². The minimum Gasteiger partial charge on any atom is -0.351 e. The molecule has 4 aromatic rings. The molecule has 0 aliphatic heterocycles. The van der Waals surface area contributed by atoms with Gasteiger partial charge in [0, 0.05) is 25.5 Å². The SMILES string of the molecule is N#Cc1ccc(CS(=O)(=O)CC(=O)NCc2ccccc2-c2ccc(Cn3ccnc3)cc2)cc1. The summed E-state index contributed by atoms with van der Waals surface area (Å²) in [5.74, 6) is -1.41. The molecule has 0 saturated heterocycles. The molecule has 3 aromatic carbocycles. The van der Waals surface area contributed by atoms with Crippen LogP contribution in [0.4, 0.5) is 0 Å². The standard InChI is InChI=1S/C27H24N4O3S/c28-15-21-5-7-23(8-6-21)18-35(33,34)19-27(32)30-16-25-3-1-2-4-26(25)24-11-9-22(10-12-24)17-31-14-13-29-20-31/h1-14,20H,16-19H2,(H,30,32). The van der Waals surface area contributed by atoms with Gasteiger partial charge in [0.2, 0.25) is 5.91 Å². The van der Waals surface area contributed by atoms with Crippen LogP contribution in [0.5, 0.6) is 0 Å². The van der Waals surface area contributed by atoms with E-state index in [2.05, 4.69) is 22.4 Å². The van der Waals surface area contributed by atoms with E-state index in [1.165, 1.54) is 0 Å². The van der Waals surface area contributed by atoms with Crippen molar-refractivity contribution in [1.82, 2.24) is 14.9 Å². The van der Waals surface area contributed by atoms with Crippen LogP contribution in [0.25, 0.3) is 11.1 Å². The minimum absolute atomic E-state index is 0.220. The number of carbonyl (C=O) groups is 1. The molecule has 1 N–H and O–H groups in total. The van der Waals surface area contributed by atoms with Crippen molar-refractivity contribution in [2.45, 2.75) is 18.8 Å². The van der Waals surface area contributed by atoms with Crippen molar-refractivity contribution in [2.75, 3.05) is 5.75 Å². The molecule has 0 fully saturated rings. The van der Waals surface area contributed by atoms with Crippen molar-refractivity contribution in [3.8, 4) is 17.2 Å². The van der Waals surface area contributed by atoms with Crippen LogP contribution in [0.3, 0.4) is 0 Å². The number of nitrogens with one attached hydrogen (secondary N) is 1. The number of amides is 1. The summed E-state index contributed by atoms with van der Waals surface area (Å²) in [6.45, 7) is 0.951. The third kappa shape index (κ3) is 6.65. The number of imidazole rings is 1. The molecule has 0 atom stereocenters. The summed E-state index contributed by atoms with van der Waals surface area (Å²) in [6, 6.07) is 24.2. The summed E-state index contributed by atoms with van der Waals surface area (Å²) in [5.41, 5.74) is 5.02. The third-order valence-electron chi connectivity index (χ3n) is 5.50. The molecular formula is C27H24N4O3S. The quantitative estimate of drug-likeness (QED) is 0.390. The van der Waals surface area contributed by atoms with Gasteiger partial charge in [0.05, 0.1) is 23.7 Å². The lowest BCUT2D eigenvalue weighted by atomic mass is 9.98. The zero-order chi connectivity index (χ0) is 24.7. The summed E-state index contributed by atoms with van der Waals surface area (Å²) in [6.07, 6.45) is 5.43. The lowest BCUT2D eigenvalue weighted by Gasteiger charge is -2.12. The van der Waals surface area contributed by atoms with Gasteiger partial charge < -0.3 is 9.88 Å². The first-order valence-corrected chi connectivity index (χ1v) is 12.8. The number of rotatable bonds is 9. The zero-order valence-electron chi connectivity index (χ0n) is 19.0. The monoisotopic (exact) mass is 484 g/mol. The molecule has 8 heteroatoms. The van der Waals surface area contributed by atoms with Crippen molar-refractivity contribution < 1.29 is 13.2 Å². The van der Waals surface area contributed by atoms with Crippen molar-refractivity contribution in [3.05, 3.63) is 114 Å². The van der Waals surface area contributed by atoms with Gasteiger partial charge in [0.1, 0.15) is 5.75 Å². The van der Waals surface area contributed by atoms with Crippen molar-refractivity contribution in [3.63, 3.8) is 0 Å². The molecule has 0 bridgehead atoms. The van der Waals surface area contributed by atoms with Gasteiger partial charge in [-0.3, -0.25) is 4.79 Å². The number of hydrogen-bond acceptors (Lipinski definition) is 5. The molecule has 0 spiro atoms. The number of nitriles is 1. The van der Waals surface area contributed by atoms with E-state index in [0.717, 1.165) is 28.8 Å². The summed E-state index contributed by atoms with van der Waals surface area (Å²) in [5, 5.41) is 11.6. The van der Waals surface area contributed by atoms with Crippen LogP contribution in [0.2, 0.25) is 0 Å². The van der Waals surface area contributed by atoms with Gasteiger partial charge in [-0.15, -0.1) is 0 Å². The minimum atomic E-state index is -3.65. The zero-order valence-corrected chi connectivity index (χ0v) is 19.8. The maximum Gasteiger partial charge on any atom is 0.235 e.